The molecule has 1 aliphatic heterocycles. The maximum absolute atomic E-state index is 12.7. The summed E-state index contributed by atoms with van der Waals surface area (Å²) in [4.78, 5) is 12.3. The fourth-order valence-corrected chi connectivity index (χ4v) is 3.98. The summed E-state index contributed by atoms with van der Waals surface area (Å²) in [6.07, 6.45) is -3.35. The van der Waals surface area contributed by atoms with Crippen molar-refractivity contribution in [1.82, 2.24) is 13.9 Å². The Kier molecular flexibility index (Phi) is 6.30. The van der Waals surface area contributed by atoms with Gasteiger partial charge in [0.15, 0.2) is 0 Å². The van der Waals surface area contributed by atoms with E-state index in [0.29, 0.717) is 24.9 Å². The van der Waals surface area contributed by atoms with Crippen LogP contribution in [0, 0.1) is 5.92 Å². The van der Waals surface area contributed by atoms with Gasteiger partial charge in [-0.25, -0.2) is 0 Å². The average Bonchev–Trinajstić information content (AvgIpc) is 2.59. The van der Waals surface area contributed by atoms with Crippen LogP contribution in [-0.2, 0) is 27.7 Å². The standard InChI is InChI=1S/C16H22F3N3O3S/c1-21(2)26(24,25)22-8-4-6-13(11-22)15(23)20-10-12-5-3-7-14(9-12)16(17,18)19/h3,5,7,9,13H,4,6,8,10-11H2,1-2H3,(H,20,23)/t13-/m0/s1. The van der Waals surface area contributed by atoms with Crippen molar-refractivity contribution < 1.29 is 26.4 Å². The van der Waals surface area contributed by atoms with Crippen molar-refractivity contribution in [2.75, 3.05) is 27.2 Å². The van der Waals surface area contributed by atoms with Crippen LogP contribution < -0.4 is 5.32 Å². The molecule has 1 atom stereocenters. The second kappa shape index (κ2) is 7.93. The fraction of sp³-hybridized carbons (Fsp3) is 0.562. The third kappa shape index (κ3) is 4.95. The fourth-order valence-electron chi connectivity index (χ4n) is 2.79. The molecule has 1 fully saturated rings. The lowest BCUT2D eigenvalue weighted by Crippen LogP contribution is -2.48. The van der Waals surface area contributed by atoms with E-state index in [1.54, 1.807) is 0 Å². The van der Waals surface area contributed by atoms with E-state index in [1.165, 1.54) is 30.5 Å². The zero-order chi connectivity index (χ0) is 19.5. The van der Waals surface area contributed by atoms with Gasteiger partial charge >= 0.3 is 6.18 Å². The highest BCUT2D eigenvalue weighted by Crippen LogP contribution is 2.29. The number of rotatable bonds is 5. The summed E-state index contributed by atoms with van der Waals surface area (Å²) in [7, 11) is -0.747. The number of carbonyl (C=O) groups is 1. The molecule has 1 aromatic carbocycles. The van der Waals surface area contributed by atoms with Crippen molar-refractivity contribution in [1.29, 1.82) is 0 Å². The van der Waals surface area contributed by atoms with Crippen LogP contribution in [0.15, 0.2) is 24.3 Å². The first kappa shape index (κ1) is 20.7. The smallest absolute Gasteiger partial charge is 0.352 e. The van der Waals surface area contributed by atoms with E-state index < -0.39 is 27.9 Å². The molecule has 1 aromatic rings. The predicted molar refractivity (Wildman–Crippen MR) is 90.2 cm³/mol. The third-order valence-corrected chi connectivity index (χ3v) is 6.17. The van der Waals surface area contributed by atoms with Crippen LogP contribution in [-0.4, -0.2) is 50.1 Å². The van der Waals surface area contributed by atoms with Crippen LogP contribution in [0.2, 0.25) is 0 Å². The highest BCUT2D eigenvalue weighted by molar-refractivity contribution is 7.86. The van der Waals surface area contributed by atoms with Crippen LogP contribution >= 0.6 is 0 Å². The quantitative estimate of drug-likeness (QED) is 0.830. The Morgan fingerprint density at radius 3 is 2.65 bits per heavy atom. The van der Waals surface area contributed by atoms with Gasteiger partial charge in [-0.2, -0.15) is 30.2 Å². The van der Waals surface area contributed by atoms with Gasteiger partial charge in [-0.1, -0.05) is 12.1 Å². The Morgan fingerprint density at radius 2 is 2.04 bits per heavy atom. The van der Waals surface area contributed by atoms with Gasteiger partial charge in [0, 0.05) is 33.7 Å². The average molecular weight is 393 g/mol. The van der Waals surface area contributed by atoms with Gasteiger partial charge in [-0.05, 0) is 30.5 Å². The molecule has 2 rings (SSSR count). The molecule has 1 saturated heterocycles. The lowest BCUT2D eigenvalue weighted by atomic mass is 9.98. The minimum absolute atomic E-state index is 0.0420. The zero-order valence-corrected chi connectivity index (χ0v) is 15.4. The minimum atomic E-state index is -4.44. The lowest BCUT2D eigenvalue weighted by Gasteiger charge is -2.32. The van der Waals surface area contributed by atoms with E-state index >= 15 is 0 Å². The predicted octanol–water partition coefficient (Wildman–Crippen LogP) is 1.84. The zero-order valence-electron chi connectivity index (χ0n) is 14.6. The number of hydrogen-bond donors (Lipinski definition) is 1. The molecule has 146 valence electrons. The Labute approximate surface area is 151 Å². The van der Waals surface area contributed by atoms with E-state index in [-0.39, 0.29) is 19.0 Å². The number of carbonyl (C=O) groups excluding carboxylic acids is 1. The van der Waals surface area contributed by atoms with Gasteiger partial charge in [-0.3, -0.25) is 4.79 Å². The Bertz CT molecular complexity index is 751. The molecule has 1 aliphatic rings. The summed E-state index contributed by atoms with van der Waals surface area (Å²) < 4.78 is 64.9. The van der Waals surface area contributed by atoms with Crippen molar-refractivity contribution in [3.8, 4) is 0 Å². The van der Waals surface area contributed by atoms with Crippen LogP contribution in [0.1, 0.15) is 24.0 Å². The van der Waals surface area contributed by atoms with Crippen molar-refractivity contribution in [3.05, 3.63) is 35.4 Å². The second-order valence-corrected chi connectivity index (χ2v) is 8.55. The molecule has 6 nitrogen and oxygen atoms in total. The van der Waals surface area contributed by atoms with Crippen LogP contribution in [0.4, 0.5) is 13.2 Å². The first-order valence-electron chi connectivity index (χ1n) is 8.13. The number of alkyl halides is 3. The van der Waals surface area contributed by atoms with Crippen molar-refractivity contribution in [3.63, 3.8) is 0 Å². The molecular formula is C16H22F3N3O3S. The molecule has 0 bridgehead atoms. The lowest BCUT2D eigenvalue weighted by molar-refractivity contribution is -0.137. The summed E-state index contributed by atoms with van der Waals surface area (Å²) in [6.45, 7) is 0.368. The van der Waals surface area contributed by atoms with Gasteiger partial charge < -0.3 is 5.32 Å². The molecule has 0 aromatic heterocycles. The van der Waals surface area contributed by atoms with Gasteiger partial charge in [0.2, 0.25) is 5.91 Å². The minimum Gasteiger partial charge on any atom is -0.352 e. The van der Waals surface area contributed by atoms with Crippen LogP contribution in [0.5, 0.6) is 0 Å². The molecule has 0 spiro atoms. The van der Waals surface area contributed by atoms with Gasteiger partial charge in [-0.15, -0.1) is 0 Å². The molecule has 1 heterocycles. The number of hydrogen-bond acceptors (Lipinski definition) is 3. The highest BCUT2D eigenvalue weighted by Gasteiger charge is 2.33. The molecule has 1 amide bonds. The highest BCUT2D eigenvalue weighted by atomic mass is 32.2. The second-order valence-electron chi connectivity index (χ2n) is 6.40. The maximum Gasteiger partial charge on any atom is 0.416 e. The van der Waals surface area contributed by atoms with Crippen molar-refractivity contribution >= 4 is 16.1 Å². The summed E-state index contributed by atoms with van der Waals surface area (Å²) in [5, 5.41) is 2.61. The number of benzene rings is 1. The number of nitrogens with zero attached hydrogens (tertiary/aromatic N) is 2. The molecule has 0 unspecified atom stereocenters. The maximum atomic E-state index is 12.7. The molecular weight excluding hydrogens is 371 g/mol. The summed E-state index contributed by atoms with van der Waals surface area (Å²) in [5.41, 5.74) is -0.438. The molecule has 0 radical (unpaired) electrons. The SMILES string of the molecule is CN(C)S(=O)(=O)N1CCC[C@H](C(=O)NCc2cccc(C(F)(F)F)c2)C1. The van der Waals surface area contributed by atoms with E-state index in [1.807, 2.05) is 0 Å². The summed E-state index contributed by atoms with van der Waals surface area (Å²) in [6, 6.07) is 4.75. The van der Waals surface area contributed by atoms with Crippen LogP contribution in [0.3, 0.4) is 0 Å². The Hall–Kier alpha value is -1.65. The number of halogens is 3. The normalized spacial score (nSPS) is 19.5. The topological polar surface area (TPSA) is 69.7 Å². The van der Waals surface area contributed by atoms with Crippen LogP contribution in [0.25, 0.3) is 0 Å². The van der Waals surface area contributed by atoms with Gasteiger partial charge in [0.1, 0.15) is 0 Å². The monoisotopic (exact) mass is 393 g/mol. The van der Waals surface area contributed by atoms with Crippen molar-refractivity contribution in [2.45, 2.75) is 25.6 Å². The van der Waals surface area contributed by atoms with E-state index in [2.05, 4.69) is 5.32 Å². The van der Waals surface area contributed by atoms with Gasteiger partial charge in [0.05, 0.1) is 11.5 Å². The molecule has 0 saturated carbocycles. The first-order valence-corrected chi connectivity index (χ1v) is 9.53. The first-order chi connectivity index (χ1) is 12.0. The van der Waals surface area contributed by atoms with E-state index in [0.717, 1.165) is 16.4 Å². The molecule has 0 aliphatic carbocycles. The van der Waals surface area contributed by atoms with E-state index in [9.17, 15) is 26.4 Å². The van der Waals surface area contributed by atoms with Crippen molar-refractivity contribution in [2.24, 2.45) is 5.92 Å². The number of nitrogens with one attached hydrogen (secondary N) is 1. The molecule has 1 N–H and O–H groups in total. The number of piperidine rings is 1. The van der Waals surface area contributed by atoms with Gasteiger partial charge in [0.25, 0.3) is 10.2 Å². The Balaban J connectivity index is 1.98. The third-order valence-electron chi connectivity index (χ3n) is 4.26. The van der Waals surface area contributed by atoms with E-state index in [4.69, 9.17) is 0 Å². The summed E-state index contributed by atoms with van der Waals surface area (Å²) in [5.74, 6) is -0.884. The largest absolute Gasteiger partial charge is 0.416 e. The molecule has 26 heavy (non-hydrogen) atoms. The number of amides is 1. The summed E-state index contributed by atoms with van der Waals surface area (Å²) >= 11 is 0. The molecule has 10 heteroatoms. The Morgan fingerprint density at radius 1 is 1.35 bits per heavy atom.